The fourth-order valence-electron chi connectivity index (χ4n) is 4.46. The van der Waals surface area contributed by atoms with Crippen molar-refractivity contribution in [1.82, 2.24) is 24.7 Å². The summed E-state index contributed by atoms with van der Waals surface area (Å²) >= 11 is 0. The normalized spacial score (nSPS) is 34.8. The van der Waals surface area contributed by atoms with Crippen LogP contribution in [-0.4, -0.2) is 92.5 Å². The molecular formula is C17H13B6N6O2. The molecule has 4 unspecified atom stereocenters. The summed E-state index contributed by atoms with van der Waals surface area (Å²) < 4.78 is 1.52. The average Bonchev–Trinajstić information content (AvgIpc) is 3.06. The summed E-state index contributed by atoms with van der Waals surface area (Å²) in [5, 5.41) is 29.0. The molecule has 0 bridgehead atoms. The van der Waals surface area contributed by atoms with E-state index in [0.717, 1.165) is 10.9 Å². The number of fused-ring (bicyclic) bond motifs is 2. The van der Waals surface area contributed by atoms with Gasteiger partial charge in [-0.05, 0) is 11.4 Å². The number of nitrogens with one attached hydrogen (secondary N) is 1. The molecule has 5 rings (SSSR count). The van der Waals surface area contributed by atoms with Crippen molar-refractivity contribution < 1.29 is 10.2 Å². The second kappa shape index (κ2) is 6.57. The molecule has 14 heteroatoms. The van der Waals surface area contributed by atoms with Gasteiger partial charge in [0.25, 0.3) is 0 Å². The van der Waals surface area contributed by atoms with Crippen LogP contribution < -0.4 is 0 Å². The molecule has 3 aromatic rings. The largest absolute Gasteiger partial charge is 0.399 e. The average molecular weight is 398 g/mol. The summed E-state index contributed by atoms with van der Waals surface area (Å²) in [6.07, 6.45) is 6.55. The SMILES string of the molecule is CC#N.[B]C1([B])C([B])(O)C([B])(O)C2(Cn3cc(-c4ncnc5[nH]ccc45)cn3)[B]C12[B]. The zero-order valence-corrected chi connectivity index (χ0v) is 16.7. The first kappa shape index (κ1) is 21.8. The number of H-pyrrole nitrogens is 1. The molecule has 8 nitrogen and oxygen atoms in total. The van der Waals surface area contributed by atoms with Crippen molar-refractivity contribution in [3.63, 3.8) is 0 Å². The van der Waals surface area contributed by atoms with Gasteiger partial charge in [-0.2, -0.15) is 10.4 Å². The van der Waals surface area contributed by atoms with Crippen molar-refractivity contribution in [1.29, 1.82) is 5.26 Å². The maximum Gasteiger partial charge on any atom is 0.141 e. The van der Waals surface area contributed by atoms with Gasteiger partial charge in [0.2, 0.25) is 0 Å². The number of nitriles is 1. The molecule has 0 aromatic carbocycles. The molecule has 3 aromatic heterocycles. The number of aromatic amines is 1. The fraction of sp³-hybridized carbons (Fsp3) is 0.412. The van der Waals surface area contributed by atoms with E-state index in [-0.39, 0.29) is 6.54 Å². The third-order valence-electron chi connectivity index (χ3n) is 6.38. The van der Waals surface area contributed by atoms with Gasteiger partial charge in [-0.15, -0.1) is 0 Å². The molecule has 4 heterocycles. The lowest BCUT2D eigenvalue weighted by atomic mass is 9.28. The molecule has 1 aliphatic carbocycles. The lowest BCUT2D eigenvalue weighted by Gasteiger charge is -2.49. The predicted molar refractivity (Wildman–Crippen MR) is 119 cm³/mol. The van der Waals surface area contributed by atoms with Gasteiger partial charge in [-0.3, -0.25) is 4.68 Å². The van der Waals surface area contributed by atoms with E-state index < -0.39 is 26.7 Å². The lowest BCUT2D eigenvalue weighted by Crippen LogP contribution is -2.62. The van der Waals surface area contributed by atoms with Crippen molar-refractivity contribution in [2.24, 2.45) is 0 Å². The maximum atomic E-state index is 10.8. The van der Waals surface area contributed by atoms with Crippen molar-refractivity contribution in [3.8, 4) is 17.3 Å². The Morgan fingerprint density at radius 2 is 1.87 bits per heavy atom. The van der Waals surface area contributed by atoms with Crippen LogP contribution in [0.4, 0.5) is 0 Å². The Bertz CT molecular complexity index is 1200. The molecule has 1 aliphatic heterocycles. The van der Waals surface area contributed by atoms with Gasteiger partial charge in [0.1, 0.15) is 34.9 Å². The highest BCUT2D eigenvalue weighted by Crippen LogP contribution is 2.89. The van der Waals surface area contributed by atoms with Crippen LogP contribution in [0.2, 0.25) is 15.7 Å². The lowest BCUT2D eigenvalue weighted by molar-refractivity contribution is -0.0443. The number of aliphatic hydroxyl groups is 2. The minimum atomic E-state index is -2.51. The Hall–Kier alpha value is -2.37. The van der Waals surface area contributed by atoms with E-state index in [1.165, 1.54) is 25.2 Å². The van der Waals surface area contributed by atoms with Crippen LogP contribution in [-0.2, 0) is 6.54 Å². The summed E-state index contributed by atoms with van der Waals surface area (Å²) in [5.74, 6) is 0. The summed E-state index contributed by atoms with van der Waals surface area (Å²) in [6, 6.07) is 3.61. The van der Waals surface area contributed by atoms with E-state index in [0.29, 0.717) is 11.3 Å². The number of nitrogens with zero attached hydrogens (tertiary/aromatic N) is 5. The van der Waals surface area contributed by atoms with Crippen molar-refractivity contribution in [3.05, 3.63) is 31.0 Å². The third-order valence-corrected chi connectivity index (χ3v) is 6.38. The second-order valence-electron chi connectivity index (χ2n) is 8.00. The van der Waals surface area contributed by atoms with E-state index in [9.17, 15) is 10.2 Å². The number of hydrogen-bond acceptors (Lipinski definition) is 6. The summed E-state index contributed by atoms with van der Waals surface area (Å²) in [5.41, 5.74) is -2.77. The minimum absolute atomic E-state index is 0.00746. The zero-order chi connectivity index (χ0) is 22.9. The molecule has 2 aliphatic rings. The van der Waals surface area contributed by atoms with Crippen LogP contribution in [0.1, 0.15) is 6.92 Å². The Balaban J connectivity index is 0.000000730. The van der Waals surface area contributed by atoms with Gasteiger partial charge < -0.3 is 15.2 Å². The third kappa shape index (κ3) is 2.53. The van der Waals surface area contributed by atoms with Gasteiger partial charge >= 0.3 is 0 Å². The number of rotatable bonds is 3. The molecule has 141 valence electrons. The van der Waals surface area contributed by atoms with Crippen LogP contribution in [0.3, 0.4) is 0 Å². The van der Waals surface area contributed by atoms with E-state index in [1.807, 2.05) is 6.07 Å². The minimum Gasteiger partial charge on any atom is -0.399 e. The van der Waals surface area contributed by atoms with Crippen LogP contribution in [0.5, 0.6) is 0 Å². The molecule has 1 saturated carbocycles. The summed E-state index contributed by atoms with van der Waals surface area (Å²) in [4.78, 5) is 11.5. The van der Waals surface area contributed by atoms with Crippen molar-refractivity contribution >= 4 is 57.5 Å². The Morgan fingerprint density at radius 1 is 1.19 bits per heavy atom. The molecule has 31 heavy (non-hydrogen) atoms. The predicted octanol–water partition coefficient (Wildman–Crippen LogP) is -1.31. The summed E-state index contributed by atoms with van der Waals surface area (Å²) in [6.45, 7) is 1.44. The van der Waals surface area contributed by atoms with E-state index in [1.54, 1.807) is 24.7 Å². The van der Waals surface area contributed by atoms with Crippen LogP contribution in [0.15, 0.2) is 31.0 Å². The molecule has 4 atom stereocenters. The van der Waals surface area contributed by atoms with Crippen LogP contribution >= 0.6 is 0 Å². The standard InChI is InChI=1S/C15H10B6N5O2.C2H3N/c16-12(17)13(18)11(21-13,14(19,27)15(12,20)28)5-26-4-7(3-25-26)9-8-1-2-22-10(8)24-6-23-9;1-2-3/h1-4,6,27-28H,5H2,(H,22,23,24);1H3. The Kier molecular flexibility index (Phi) is 4.63. The van der Waals surface area contributed by atoms with Crippen LogP contribution in [0, 0.1) is 11.3 Å². The molecule has 1 saturated heterocycles. The molecular weight excluding hydrogens is 385 g/mol. The number of hydrogen-bond donors (Lipinski definition) is 3. The molecule has 0 spiro atoms. The highest BCUT2D eigenvalue weighted by atomic mass is 16.4. The molecule has 2 fully saturated rings. The van der Waals surface area contributed by atoms with Crippen molar-refractivity contribution in [2.45, 2.75) is 40.2 Å². The van der Waals surface area contributed by atoms with Gasteiger partial charge in [-0.1, -0.05) is 10.4 Å². The van der Waals surface area contributed by atoms with Crippen LogP contribution in [0.25, 0.3) is 22.3 Å². The second-order valence-corrected chi connectivity index (χ2v) is 8.00. The Labute approximate surface area is 186 Å². The van der Waals surface area contributed by atoms with Gasteiger partial charge in [0.05, 0.1) is 41.5 Å². The topological polar surface area (TPSA) is 124 Å². The summed E-state index contributed by atoms with van der Waals surface area (Å²) in [7, 11) is 31.6. The van der Waals surface area contributed by atoms with E-state index in [4.69, 9.17) is 44.5 Å². The quantitative estimate of drug-likeness (QED) is 0.471. The maximum absolute atomic E-state index is 10.8. The zero-order valence-electron chi connectivity index (χ0n) is 16.7. The highest BCUT2D eigenvalue weighted by molar-refractivity contribution is 6.81. The number of aromatic nitrogens is 5. The highest BCUT2D eigenvalue weighted by Gasteiger charge is 2.86. The van der Waals surface area contributed by atoms with Gasteiger partial charge in [0, 0.05) is 47.8 Å². The fourth-order valence-corrected chi connectivity index (χ4v) is 4.46. The van der Waals surface area contributed by atoms with Gasteiger partial charge in [-0.25, -0.2) is 9.97 Å². The van der Waals surface area contributed by atoms with E-state index >= 15 is 0 Å². The molecule has 0 amide bonds. The van der Waals surface area contributed by atoms with Crippen molar-refractivity contribution in [2.75, 3.05) is 0 Å². The molecule has 3 N–H and O–H groups in total. The first-order valence-electron chi connectivity index (χ1n) is 9.28. The van der Waals surface area contributed by atoms with Gasteiger partial charge in [0.15, 0.2) is 0 Å². The smallest absolute Gasteiger partial charge is 0.141 e. The molecule has 11 radical (unpaired) electrons. The Morgan fingerprint density at radius 3 is 2.48 bits per heavy atom. The first-order chi connectivity index (χ1) is 14.4. The van der Waals surface area contributed by atoms with E-state index in [2.05, 4.69) is 20.1 Å². The first-order valence-corrected chi connectivity index (χ1v) is 9.28. The monoisotopic (exact) mass is 399 g/mol.